The number of carbonyl (C=O) groups is 2. The molecule has 0 aliphatic rings. The van der Waals surface area contributed by atoms with E-state index in [0.717, 1.165) is 5.56 Å². The number of rotatable bonds is 6. The standard InChI is InChI=1S/C21H15ClFNO4/c22-15-5-10-19(28-17-8-6-16(23)7-9-17)18(11-15)20(25)24-12-13-1-3-14(4-2-13)21(26)27/h1-11H,12H2,(H,24,25)(H,26,27). The van der Waals surface area contributed by atoms with Crippen LogP contribution in [0.25, 0.3) is 0 Å². The number of hydrogen-bond acceptors (Lipinski definition) is 3. The van der Waals surface area contributed by atoms with Crippen molar-refractivity contribution in [2.45, 2.75) is 6.54 Å². The predicted octanol–water partition coefficient (Wildman–Crippen LogP) is 4.90. The number of carboxylic acids is 1. The van der Waals surface area contributed by atoms with E-state index in [1.807, 2.05) is 0 Å². The number of halogens is 2. The molecule has 3 aromatic carbocycles. The van der Waals surface area contributed by atoms with E-state index in [2.05, 4.69) is 5.32 Å². The van der Waals surface area contributed by atoms with Crippen LogP contribution in [0.5, 0.6) is 11.5 Å². The molecule has 0 fully saturated rings. The lowest BCUT2D eigenvalue weighted by molar-refractivity contribution is 0.0696. The largest absolute Gasteiger partial charge is 0.478 e. The van der Waals surface area contributed by atoms with Crippen LogP contribution in [0, 0.1) is 5.82 Å². The number of hydrogen-bond donors (Lipinski definition) is 2. The molecule has 0 saturated heterocycles. The molecule has 0 spiro atoms. The van der Waals surface area contributed by atoms with Gasteiger partial charge in [0.25, 0.3) is 5.91 Å². The fourth-order valence-corrected chi connectivity index (χ4v) is 2.61. The second-order valence-corrected chi connectivity index (χ2v) is 6.32. The summed E-state index contributed by atoms with van der Waals surface area (Å²) in [5, 5.41) is 12.0. The molecule has 28 heavy (non-hydrogen) atoms. The van der Waals surface area contributed by atoms with Gasteiger partial charge in [0.2, 0.25) is 0 Å². The van der Waals surface area contributed by atoms with Crippen molar-refractivity contribution >= 4 is 23.5 Å². The molecule has 0 bridgehead atoms. The number of carboxylic acid groups (broad SMARTS) is 1. The van der Waals surface area contributed by atoms with Crippen molar-refractivity contribution in [1.29, 1.82) is 0 Å². The maximum absolute atomic E-state index is 13.0. The summed E-state index contributed by atoms with van der Waals surface area (Å²) < 4.78 is 18.7. The number of ether oxygens (including phenoxy) is 1. The molecule has 0 heterocycles. The Kier molecular flexibility index (Phi) is 5.91. The molecule has 142 valence electrons. The number of nitrogens with one attached hydrogen (secondary N) is 1. The highest BCUT2D eigenvalue weighted by Gasteiger charge is 2.14. The monoisotopic (exact) mass is 399 g/mol. The van der Waals surface area contributed by atoms with Crippen molar-refractivity contribution in [2.24, 2.45) is 0 Å². The number of benzene rings is 3. The smallest absolute Gasteiger partial charge is 0.335 e. The molecule has 0 saturated carbocycles. The number of amides is 1. The molecule has 0 aliphatic heterocycles. The Morgan fingerprint density at radius 1 is 1.00 bits per heavy atom. The third-order valence-corrected chi connectivity index (χ3v) is 4.12. The van der Waals surface area contributed by atoms with Crippen molar-refractivity contribution in [3.05, 3.63) is 94.3 Å². The van der Waals surface area contributed by atoms with Crippen molar-refractivity contribution in [1.82, 2.24) is 5.32 Å². The third kappa shape index (κ3) is 4.86. The number of aromatic carboxylic acids is 1. The van der Waals surface area contributed by atoms with E-state index < -0.39 is 17.7 Å². The summed E-state index contributed by atoms with van der Waals surface area (Å²) in [4.78, 5) is 23.5. The molecule has 7 heteroatoms. The van der Waals surface area contributed by atoms with Crippen molar-refractivity contribution in [2.75, 3.05) is 0 Å². The van der Waals surface area contributed by atoms with Crippen LogP contribution in [-0.4, -0.2) is 17.0 Å². The second kappa shape index (κ2) is 8.54. The molecular formula is C21H15ClFNO4. The minimum atomic E-state index is -1.02. The van der Waals surface area contributed by atoms with Gasteiger partial charge in [-0.1, -0.05) is 23.7 Å². The fourth-order valence-electron chi connectivity index (χ4n) is 2.44. The Hall–Kier alpha value is -3.38. The molecule has 2 N–H and O–H groups in total. The Labute approximate surface area is 165 Å². The zero-order valence-corrected chi connectivity index (χ0v) is 15.2. The fraction of sp³-hybridized carbons (Fsp3) is 0.0476. The van der Waals surface area contributed by atoms with Crippen LogP contribution < -0.4 is 10.1 Å². The molecular weight excluding hydrogens is 385 g/mol. The highest BCUT2D eigenvalue weighted by atomic mass is 35.5. The molecule has 0 aliphatic carbocycles. The molecule has 0 unspecified atom stereocenters. The summed E-state index contributed by atoms with van der Waals surface area (Å²) in [5.74, 6) is -1.17. The van der Waals surface area contributed by atoms with Gasteiger partial charge < -0.3 is 15.2 Å². The first-order valence-electron chi connectivity index (χ1n) is 8.26. The summed E-state index contributed by atoms with van der Waals surface area (Å²) in [6, 6.07) is 16.2. The summed E-state index contributed by atoms with van der Waals surface area (Å²) in [6.07, 6.45) is 0. The second-order valence-electron chi connectivity index (χ2n) is 5.88. The van der Waals surface area contributed by atoms with Gasteiger partial charge in [-0.15, -0.1) is 0 Å². The zero-order chi connectivity index (χ0) is 20.1. The first-order chi connectivity index (χ1) is 13.4. The highest BCUT2D eigenvalue weighted by molar-refractivity contribution is 6.31. The van der Waals surface area contributed by atoms with Crippen LogP contribution in [0.1, 0.15) is 26.3 Å². The van der Waals surface area contributed by atoms with E-state index in [-0.39, 0.29) is 23.4 Å². The maximum Gasteiger partial charge on any atom is 0.335 e. The molecule has 0 atom stereocenters. The average molecular weight is 400 g/mol. The van der Waals surface area contributed by atoms with Crippen LogP contribution in [0.15, 0.2) is 66.7 Å². The van der Waals surface area contributed by atoms with E-state index in [1.54, 1.807) is 24.3 Å². The SMILES string of the molecule is O=C(O)c1ccc(CNC(=O)c2cc(Cl)ccc2Oc2ccc(F)cc2)cc1. The van der Waals surface area contributed by atoms with E-state index in [4.69, 9.17) is 21.4 Å². The van der Waals surface area contributed by atoms with Gasteiger partial charge >= 0.3 is 5.97 Å². The lowest BCUT2D eigenvalue weighted by Gasteiger charge is -2.12. The normalized spacial score (nSPS) is 10.4. The lowest BCUT2D eigenvalue weighted by atomic mass is 10.1. The summed E-state index contributed by atoms with van der Waals surface area (Å²) >= 11 is 6.01. The quantitative estimate of drug-likeness (QED) is 0.618. The van der Waals surface area contributed by atoms with Gasteiger partial charge in [0.1, 0.15) is 17.3 Å². The van der Waals surface area contributed by atoms with E-state index in [0.29, 0.717) is 10.8 Å². The Morgan fingerprint density at radius 3 is 2.32 bits per heavy atom. The number of carbonyl (C=O) groups excluding carboxylic acids is 1. The molecule has 1 amide bonds. The summed E-state index contributed by atoms with van der Waals surface area (Å²) in [5.41, 5.74) is 1.13. The summed E-state index contributed by atoms with van der Waals surface area (Å²) in [6.45, 7) is 0.196. The average Bonchev–Trinajstić information content (AvgIpc) is 2.69. The zero-order valence-electron chi connectivity index (χ0n) is 14.5. The summed E-state index contributed by atoms with van der Waals surface area (Å²) in [7, 11) is 0. The van der Waals surface area contributed by atoms with Crippen LogP contribution >= 0.6 is 11.6 Å². The van der Waals surface area contributed by atoms with E-state index in [1.165, 1.54) is 42.5 Å². The van der Waals surface area contributed by atoms with Crippen LogP contribution in [-0.2, 0) is 6.54 Å². The maximum atomic E-state index is 13.0. The Bertz CT molecular complexity index is 1000. The van der Waals surface area contributed by atoms with Crippen molar-refractivity contribution < 1.29 is 23.8 Å². The van der Waals surface area contributed by atoms with Gasteiger partial charge in [0.05, 0.1) is 11.1 Å². The first-order valence-corrected chi connectivity index (χ1v) is 8.63. The van der Waals surface area contributed by atoms with Gasteiger partial charge in [-0.25, -0.2) is 9.18 Å². The van der Waals surface area contributed by atoms with Crippen LogP contribution in [0.4, 0.5) is 4.39 Å². The predicted molar refractivity (Wildman–Crippen MR) is 102 cm³/mol. The van der Waals surface area contributed by atoms with Gasteiger partial charge in [-0.05, 0) is 60.2 Å². The molecule has 0 radical (unpaired) electrons. The van der Waals surface area contributed by atoms with Gasteiger partial charge in [0, 0.05) is 11.6 Å². The van der Waals surface area contributed by atoms with Crippen molar-refractivity contribution in [3.8, 4) is 11.5 Å². The van der Waals surface area contributed by atoms with E-state index in [9.17, 15) is 14.0 Å². The topological polar surface area (TPSA) is 75.6 Å². The minimum Gasteiger partial charge on any atom is -0.478 e. The van der Waals surface area contributed by atoms with Gasteiger partial charge in [-0.2, -0.15) is 0 Å². The van der Waals surface area contributed by atoms with Gasteiger partial charge in [0.15, 0.2) is 0 Å². The molecule has 3 rings (SSSR count). The highest BCUT2D eigenvalue weighted by Crippen LogP contribution is 2.28. The van der Waals surface area contributed by atoms with Gasteiger partial charge in [-0.3, -0.25) is 4.79 Å². The van der Waals surface area contributed by atoms with E-state index >= 15 is 0 Å². The first kappa shape index (κ1) is 19.4. The third-order valence-electron chi connectivity index (χ3n) is 3.88. The molecule has 5 nitrogen and oxygen atoms in total. The van der Waals surface area contributed by atoms with Crippen LogP contribution in [0.2, 0.25) is 5.02 Å². The molecule has 3 aromatic rings. The van der Waals surface area contributed by atoms with Crippen molar-refractivity contribution in [3.63, 3.8) is 0 Å². The molecule has 0 aromatic heterocycles. The lowest BCUT2D eigenvalue weighted by Crippen LogP contribution is -2.23. The Morgan fingerprint density at radius 2 is 1.68 bits per heavy atom. The van der Waals surface area contributed by atoms with Crippen LogP contribution in [0.3, 0.4) is 0 Å². The Balaban J connectivity index is 1.74. The minimum absolute atomic E-state index is 0.167.